The van der Waals surface area contributed by atoms with Gasteiger partial charge in [-0.1, -0.05) is 28.1 Å². The van der Waals surface area contributed by atoms with Crippen LogP contribution in [0.15, 0.2) is 63.5 Å². The third-order valence-electron chi connectivity index (χ3n) is 6.63. The Morgan fingerprint density at radius 2 is 1.88 bits per heavy atom. The Balaban J connectivity index is 1.50. The van der Waals surface area contributed by atoms with Gasteiger partial charge in [0.1, 0.15) is 24.0 Å². The summed E-state index contributed by atoms with van der Waals surface area (Å²) in [5, 5.41) is 3.21. The maximum Gasteiger partial charge on any atom is 0.255 e. The van der Waals surface area contributed by atoms with Crippen molar-refractivity contribution in [3.8, 4) is 11.3 Å². The number of furan rings is 1. The molecular formula is C29H28BrFN2O6S. The molecule has 5 rings (SSSR count). The van der Waals surface area contributed by atoms with Gasteiger partial charge in [-0.2, -0.15) is 0 Å². The number of amides is 1. The molecule has 0 bridgehead atoms. The number of hydrogen-bond donors (Lipinski definition) is 2. The van der Waals surface area contributed by atoms with E-state index < -0.39 is 15.8 Å². The molecule has 0 spiro atoms. The van der Waals surface area contributed by atoms with Crippen LogP contribution >= 0.6 is 15.9 Å². The zero-order valence-electron chi connectivity index (χ0n) is 21.9. The van der Waals surface area contributed by atoms with E-state index in [2.05, 4.69) is 26.0 Å². The monoisotopic (exact) mass is 630 g/mol. The Kier molecular flexibility index (Phi) is 8.27. The van der Waals surface area contributed by atoms with E-state index in [9.17, 15) is 17.6 Å². The molecule has 1 amide bonds. The second-order valence-corrected chi connectivity index (χ2v) is 12.2. The van der Waals surface area contributed by atoms with Crippen molar-refractivity contribution in [2.45, 2.75) is 31.1 Å². The zero-order chi connectivity index (χ0) is 28.4. The normalized spacial score (nSPS) is 13.5. The summed E-state index contributed by atoms with van der Waals surface area (Å²) in [4.78, 5) is 12.9. The number of sulfonamides is 1. The lowest BCUT2D eigenvalue weighted by Crippen LogP contribution is -2.18. The highest BCUT2D eigenvalue weighted by atomic mass is 79.9. The molecule has 1 saturated carbocycles. The summed E-state index contributed by atoms with van der Waals surface area (Å²) >= 11 is 3.47. The number of benzene rings is 3. The van der Waals surface area contributed by atoms with Gasteiger partial charge in [0.15, 0.2) is 0 Å². The summed E-state index contributed by atoms with van der Waals surface area (Å²) in [6.45, 7) is 0.390. The molecular weight excluding hydrogens is 603 g/mol. The SMILES string of the molecule is CNC(=O)c1c(-c2ccc(F)cc2)oc2cc(NS(=O)(=O)Cc3ccc(Br)c(COCOC)c3)c(C3CC3)cc12. The van der Waals surface area contributed by atoms with Gasteiger partial charge >= 0.3 is 0 Å². The van der Waals surface area contributed by atoms with Crippen LogP contribution in [0.2, 0.25) is 0 Å². The van der Waals surface area contributed by atoms with Crippen LogP contribution in [0.1, 0.15) is 45.8 Å². The van der Waals surface area contributed by atoms with Gasteiger partial charge in [0.2, 0.25) is 10.0 Å². The molecule has 8 nitrogen and oxygen atoms in total. The highest BCUT2D eigenvalue weighted by Crippen LogP contribution is 2.47. The van der Waals surface area contributed by atoms with Crippen LogP contribution in [-0.4, -0.2) is 35.3 Å². The summed E-state index contributed by atoms with van der Waals surface area (Å²) < 4.78 is 60.2. The number of halogens is 2. The van der Waals surface area contributed by atoms with Crippen molar-refractivity contribution in [2.24, 2.45) is 0 Å². The third kappa shape index (κ3) is 6.22. The summed E-state index contributed by atoms with van der Waals surface area (Å²) in [5.74, 6) is -0.555. The quantitative estimate of drug-likeness (QED) is 0.149. The Morgan fingerprint density at radius 1 is 1.12 bits per heavy atom. The lowest BCUT2D eigenvalue weighted by molar-refractivity contribution is -0.0392. The molecule has 1 aromatic heterocycles. The maximum absolute atomic E-state index is 13.6. The van der Waals surface area contributed by atoms with Gasteiger partial charge in [0.05, 0.1) is 23.6 Å². The zero-order valence-corrected chi connectivity index (χ0v) is 24.3. The molecule has 1 fully saturated rings. The van der Waals surface area contributed by atoms with E-state index in [1.807, 2.05) is 6.07 Å². The van der Waals surface area contributed by atoms with E-state index in [1.165, 1.54) is 38.4 Å². The Bertz CT molecular complexity index is 1670. The van der Waals surface area contributed by atoms with Crippen LogP contribution in [0.3, 0.4) is 0 Å². The minimum atomic E-state index is -3.81. The first-order chi connectivity index (χ1) is 19.2. The Hall–Kier alpha value is -3.25. The maximum atomic E-state index is 13.6. The molecule has 1 aliphatic rings. The molecule has 0 saturated heterocycles. The highest BCUT2D eigenvalue weighted by Gasteiger charge is 2.31. The number of carbonyl (C=O) groups is 1. The smallest absolute Gasteiger partial charge is 0.255 e. The van der Waals surface area contributed by atoms with E-state index in [0.29, 0.717) is 33.3 Å². The van der Waals surface area contributed by atoms with E-state index in [4.69, 9.17) is 13.9 Å². The molecule has 11 heteroatoms. The molecule has 0 unspecified atom stereocenters. The van der Waals surface area contributed by atoms with Crippen molar-refractivity contribution < 1.29 is 31.5 Å². The fourth-order valence-electron chi connectivity index (χ4n) is 4.62. The Labute approximate surface area is 240 Å². The van der Waals surface area contributed by atoms with Crippen LogP contribution in [0.25, 0.3) is 22.3 Å². The Morgan fingerprint density at radius 3 is 2.55 bits per heavy atom. The van der Waals surface area contributed by atoms with Crippen molar-refractivity contribution in [1.29, 1.82) is 0 Å². The number of carbonyl (C=O) groups excluding carboxylic acids is 1. The molecule has 2 N–H and O–H groups in total. The molecule has 0 aliphatic heterocycles. The number of hydrogen-bond acceptors (Lipinski definition) is 6. The molecule has 3 aromatic carbocycles. The molecule has 1 heterocycles. The molecule has 1 aliphatic carbocycles. The number of nitrogens with one attached hydrogen (secondary N) is 2. The van der Waals surface area contributed by atoms with E-state index in [0.717, 1.165) is 28.4 Å². The minimum Gasteiger partial charge on any atom is -0.455 e. The highest BCUT2D eigenvalue weighted by molar-refractivity contribution is 9.10. The van der Waals surface area contributed by atoms with Crippen molar-refractivity contribution in [2.75, 3.05) is 25.7 Å². The first-order valence-electron chi connectivity index (χ1n) is 12.6. The molecule has 0 atom stereocenters. The van der Waals surface area contributed by atoms with Gasteiger partial charge in [-0.05, 0) is 71.8 Å². The number of fused-ring (bicyclic) bond motifs is 1. The van der Waals surface area contributed by atoms with Crippen molar-refractivity contribution in [1.82, 2.24) is 5.32 Å². The predicted octanol–water partition coefficient (Wildman–Crippen LogP) is 6.30. The minimum absolute atomic E-state index is 0.125. The average Bonchev–Trinajstić information content (AvgIpc) is 3.70. The topological polar surface area (TPSA) is 107 Å². The number of ether oxygens (including phenoxy) is 2. The predicted molar refractivity (Wildman–Crippen MR) is 154 cm³/mol. The molecule has 210 valence electrons. The fourth-order valence-corrected chi connectivity index (χ4v) is 6.19. The van der Waals surface area contributed by atoms with Crippen LogP contribution in [0.5, 0.6) is 0 Å². The van der Waals surface area contributed by atoms with Gasteiger partial charge < -0.3 is 19.2 Å². The molecule has 4 aromatic rings. The lowest BCUT2D eigenvalue weighted by atomic mass is 10.0. The summed E-state index contributed by atoms with van der Waals surface area (Å²) in [5.41, 5.74) is 3.82. The van der Waals surface area contributed by atoms with Crippen molar-refractivity contribution in [3.63, 3.8) is 0 Å². The second kappa shape index (κ2) is 11.7. The van der Waals surface area contributed by atoms with Gasteiger partial charge in [-0.3, -0.25) is 9.52 Å². The first-order valence-corrected chi connectivity index (χ1v) is 15.1. The van der Waals surface area contributed by atoms with Crippen LogP contribution in [0, 0.1) is 5.82 Å². The number of rotatable bonds is 11. The van der Waals surface area contributed by atoms with Crippen LogP contribution in [0.4, 0.5) is 10.1 Å². The second-order valence-electron chi connectivity index (χ2n) is 9.64. The fraction of sp³-hybridized carbons (Fsp3) is 0.276. The standard InChI is InChI=1S/C29H28BrFN2O6S/c1-32-29(34)27-23-12-22(18-4-5-18)25(13-26(23)39-28(27)19-6-8-21(31)9-7-19)33-40(35,36)15-17-3-10-24(30)20(11-17)14-38-16-37-2/h3,6-13,18,33H,4-5,14-16H2,1-2H3,(H,32,34). The molecule has 0 radical (unpaired) electrons. The number of methoxy groups -OCH3 is 1. The largest absolute Gasteiger partial charge is 0.455 e. The van der Waals surface area contributed by atoms with E-state index >= 15 is 0 Å². The van der Waals surface area contributed by atoms with E-state index in [-0.39, 0.29) is 36.7 Å². The van der Waals surface area contributed by atoms with Gasteiger partial charge in [-0.25, -0.2) is 12.8 Å². The van der Waals surface area contributed by atoms with Crippen molar-refractivity contribution in [3.05, 3.63) is 87.1 Å². The number of anilines is 1. The summed E-state index contributed by atoms with van der Waals surface area (Å²) in [7, 11) is -0.759. The first kappa shape index (κ1) is 28.3. The summed E-state index contributed by atoms with van der Waals surface area (Å²) in [6, 6.07) is 14.4. The molecule has 40 heavy (non-hydrogen) atoms. The van der Waals surface area contributed by atoms with E-state index in [1.54, 1.807) is 24.3 Å². The van der Waals surface area contributed by atoms with Gasteiger partial charge in [0, 0.05) is 35.6 Å². The third-order valence-corrected chi connectivity index (χ3v) is 8.65. The average molecular weight is 632 g/mol. The van der Waals surface area contributed by atoms with Crippen LogP contribution in [-0.2, 0) is 31.9 Å². The van der Waals surface area contributed by atoms with Crippen LogP contribution < -0.4 is 10.0 Å². The van der Waals surface area contributed by atoms with Gasteiger partial charge in [-0.15, -0.1) is 0 Å². The van der Waals surface area contributed by atoms with Gasteiger partial charge in [0.25, 0.3) is 5.91 Å². The van der Waals surface area contributed by atoms with Crippen molar-refractivity contribution >= 4 is 48.5 Å². The summed E-state index contributed by atoms with van der Waals surface area (Å²) in [6.07, 6.45) is 1.82. The lowest BCUT2D eigenvalue weighted by Gasteiger charge is -2.14.